The summed E-state index contributed by atoms with van der Waals surface area (Å²) < 4.78 is 0. The molecule has 0 saturated heterocycles. The number of nitrogens with one attached hydrogen (secondary N) is 2. The van der Waals surface area contributed by atoms with E-state index in [9.17, 15) is 9.59 Å². The van der Waals surface area contributed by atoms with Gasteiger partial charge in [-0.05, 0) is 39.2 Å². The van der Waals surface area contributed by atoms with Gasteiger partial charge in [-0.15, -0.1) is 0 Å². The summed E-state index contributed by atoms with van der Waals surface area (Å²) in [6.07, 6.45) is 1.79. The topological polar surface area (TPSA) is 78.4 Å². The van der Waals surface area contributed by atoms with E-state index in [2.05, 4.69) is 10.6 Å². The fourth-order valence-electron chi connectivity index (χ4n) is 1.48. The number of aliphatic carboxylic acids is 1. The molecule has 1 amide bonds. The molecule has 17 heavy (non-hydrogen) atoms. The minimum absolute atomic E-state index is 0.00527. The molecule has 0 aromatic heterocycles. The smallest absolute Gasteiger partial charge is 0.303 e. The number of hydrogen-bond acceptors (Lipinski definition) is 3. The van der Waals surface area contributed by atoms with Crippen LogP contribution >= 0.6 is 0 Å². The van der Waals surface area contributed by atoms with Crippen molar-refractivity contribution in [3.8, 4) is 0 Å². The Labute approximate surface area is 103 Å². The van der Waals surface area contributed by atoms with Crippen molar-refractivity contribution in [1.29, 1.82) is 0 Å². The summed E-state index contributed by atoms with van der Waals surface area (Å²) in [6, 6.07) is -0.193. The average Bonchev–Trinajstić information content (AvgIpc) is 2.26. The van der Waals surface area contributed by atoms with E-state index in [0.29, 0.717) is 18.9 Å². The third-order valence-corrected chi connectivity index (χ3v) is 2.68. The molecule has 0 aromatic rings. The van der Waals surface area contributed by atoms with Crippen LogP contribution in [0.5, 0.6) is 0 Å². The predicted molar refractivity (Wildman–Crippen MR) is 66.8 cm³/mol. The lowest BCUT2D eigenvalue weighted by atomic mass is 10.0. The average molecular weight is 244 g/mol. The van der Waals surface area contributed by atoms with Gasteiger partial charge in [0.1, 0.15) is 0 Å². The molecule has 0 aliphatic rings. The normalized spacial score (nSPS) is 14.1. The zero-order valence-corrected chi connectivity index (χ0v) is 11.0. The van der Waals surface area contributed by atoms with Crippen LogP contribution in [0.1, 0.15) is 40.0 Å². The highest BCUT2D eigenvalue weighted by Gasteiger charge is 2.11. The van der Waals surface area contributed by atoms with Gasteiger partial charge in [-0.1, -0.05) is 6.92 Å². The van der Waals surface area contributed by atoms with Gasteiger partial charge >= 0.3 is 5.97 Å². The van der Waals surface area contributed by atoms with Crippen molar-refractivity contribution in [3.63, 3.8) is 0 Å². The van der Waals surface area contributed by atoms with Gasteiger partial charge in [0.15, 0.2) is 0 Å². The van der Waals surface area contributed by atoms with Crippen LogP contribution in [0.4, 0.5) is 0 Å². The number of carbonyl (C=O) groups excluding carboxylic acids is 1. The Morgan fingerprint density at radius 2 is 1.88 bits per heavy atom. The van der Waals surface area contributed by atoms with Gasteiger partial charge in [0.2, 0.25) is 5.91 Å². The molecule has 5 nitrogen and oxygen atoms in total. The van der Waals surface area contributed by atoms with E-state index >= 15 is 0 Å². The first-order valence-corrected chi connectivity index (χ1v) is 6.20. The maximum Gasteiger partial charge on any atom is 0.303 e. The molecule has 0 aromatic carbocycles. The third-order valence-electron chi connectivity index (χ3n) is 2.68. The fourth-order valence-corrected chi connectivity index (χ4v) is 1.48. The highest BCUT2D eigenvalue weighted by Crippen LogP contribution is 2.09. The molecule has 0 bridgehead atoms. The molecular formula is C12H24N2O3. The van der Waals surface area contributed by atoms with Crippen LogP contribution in [0.15, 0.2) is 0 Å². The van der Waals surface area contributed by atoms with Gasteiger partial charge in [-0.2, -0.15) is 0 Å². The van der Waals surface area contributed by atoms with E-state index in [0.717, 1.165) is 13.0 Å². The minimum Gasteiger partial charge on any atom is -0.481 e. The maximum absolute atomic E-state index is 11.4. The summed E-state index contributed by atoms with van der Waals surface area (Å²) >= 11 is 0. The molecule has 0 rings (SSSR count). The monoisotopic (exact) mass is 244 g/mol. The zero-order chi connectivity index (χ0) is 13.3. The lowest BCUT2D eigenvalue weighted by Crippen LogP contribution is -2.42. The van der Waals surface area contributed by atoms with Crippen LogP contribution in [0.3, 0.4) is 0 Å². The Bertz CT molecular complexity index is 244. The minimum atomic E-state index is -0.750. The highest BCUT2D eigenvalue weighted by atomic mass is 16.4. The Balaban J connectivity index is 3.61. The van der Waals surface area contributed by atoms with E-state index in [4.69, 9.17) is 5.11 Å². The van der Waals surface area contributed by atoms with Crippen LogP contribution in [-0.4, -0.2) is 36.1 Å². The van der Waals surface area contributed by atoms with Crippen molar-refractivity contribution in [2.75, 3.05) is 13.1 Å². The molecule has 0 fully saturated rings. The summed E-state index contributed by atoms with van der Waals surface area (Å²) in [5.41, 5.74) is 0. The van der Waals surface area contributed by atoms with Crippen LogP contribution in [0.25, 0.3) is 0 Å². The number of hydrogen-bond donors (Lipinski definition) is 3. The first-order valence-electron chi connectivity index (χ1n) is 6.20. The molecule has 100 valence electrons. The molecule has 0 saturated carbocycles. The summed E-state index contributed by atoms with van der Waals surface area (Å²) in [4.78, 5) is 21.8. The van der Waals surface area contributed by atoms with Crippen molar-refractivity contribution < 1.29 is 14.7 Å². The summed E-state index contributed by atoms with van der Waals surface area (Å²) in [7, 11) is 0. The van der Waals surface area contributed by atoms with Crippen molar-refractivity contribution in [2.24, 2.45) is 5.92 Å². The number of rotatable bonds is 9. The molecule has 5 heteroatoms. The van der Waals surface area contributed by atoms with Crippen LogP contribution in [0, 0.1) is 5.92 Å². The molecule has 2 unspecified atom stereocenters. The van der Waals surface area contributed by atoms with Gasteiger partial charge < -0.3 is 15.7 Å². The molecule has 0 aliphatic heterocycles. The Kier molecular flexibility index (Phi) is 8.40. The first kappa shape index (κ1) is 15.9. The van der Waals surface area contributed by atoms with Gasteiger partial charge in [-0.3, -0.25) is 9.59 Å². The Morgan fingerprint density at radius 1 is 1.24 bits per heavy atom. The van der Waals surface area contributed by atoms with E-state index < -0.39 is 5.97 Å². The zero-order valence-electron chi connectivity index (χ0n) is 11.0. The number of carboxylic acid groups (broad SMARTS) is 1. The highest BCUT2D eigenvalue weighted by molar-refractivity contribution is 5.81. The van der Waals surface area contributed by atoms with Crippen LogP contribution in [-0.2, 0) is 9.59 Å². The lowest BCUT2D eigenvalue weighted by molar-refractivity contribution is -0.137. The van der Waals surface area contributed by atoms with Crippen molar-refractivity contribution in [3.05, 3.63) is 0 Å². The standard InChI is InChI=1S/C12H24N2O3/c1-4-13-12(17)10(3)14-8-7-9(2)5-6-11(15)16/h9-10,14H,4-8H2,1-3H3,(H,13,17)(H,15,16). The summed E-state index contributed by atoms with van der Waals surface area (Å²) in [6.45, 7) is 7.12. The van der Waals surface area contributed by atoms with E-state index in [-0.39, 0.29) is 18.4 Å². The molecule has 3 N–H and O–H groups in total. The molecule has 0 radical (unpaired) electrons. The SMILES string of the molecule is CCNC(=O)C(C)NCCC(C)CCC(=O)O. The second-order valence-corrected chi connectivity index (χ2v) is 4.40. The lowest BCUT2D eigenvalue weighted by Gasteiger charge is -2.15. The van der Waals surface area contributed by atoms with E-state index in [1.807, 2.05) is 20.8 Å². The van der Waals surface area contributed by atoms with Gasteiger partial charge in [0, 0.05) is 13.0 Å². The number of amides is 1. The van der Waals surface area contributed by atoms with Crippen molar-refractivity contribution in [1.82, 2.24) is 10.6 Å². The quantitative estimate of drug-likeness (QED) is 0.565. The molecule has 2 atom stereocenters. The second-order valence-electron chi connectivity index (χ2n) is 4.40. The Morgan fingerprint density at radius 3 is 2.41 bits per heavy atom. The fraction of sp³-hybridized carbons (Fsp3) is 0.833. The number of carbonyl (C=O) groups is 2. The van der Waals surface area contributed by atoms with E-state index in [1.54, 1.807) is 0 Å². The molecule has 0 heterocycles. The number of likely N-dealkylation sites (N-methyl/N-ethyl adjacent to an activating group) is 1. The Hall–Kier alpha value is -1.10. The van der Waals surface area contributed by atoms with Gasteiger partial charge in [0.05, 0.1) is 6.04 Å². The maximum atomic E-state index is 11.4. The van der Waals surface area contributed by atoms with Gasteiger partial charge in [0.25, 0.3) is 0 Å². The number of carboxylic acids is 1. The third kappa shape index (κ3) is 8.68. The first-order chi connectivity index (χ1) is 7.97. The summed E-state index contributed by atoms with van der Waals surface area (Å²) in [5, 5.41) is 14.4. The van der Waals surface area contributed by atoms with Crippen LogP contribution < -0.4 is 10.6 Å². The molecular weight excluding hydrogens is 220 g/mol. The van der Waals surface area contributed by atoms with Crippen molar-refractivity contribution >= 4 is 11.9 Å². The molecule has 0 spiro atoms. The van der Waals surface area contributed by atoms with E-state index in [1.165, 1.54) is 0 Å². The van der Waals surface area contributed by atoms with Gasteiger partial charge in [-0.25, -0.2) is 0 Å². The largest absolute Gasteiger partial charge is 0.481 e. The van der Waals surface area contributed by atoms with Crippen molar-refractivity contribution in [2.45, 2.75) is 46.1 Å². The van der Waals surface area contributed by atoms with Crippen LogP contribution in [0.2, 0.25) is 0 Å². The summed E-state index contributed by atoms with van der Waals surface area (Å²) in [5.74, 6) is -0.383. The molecule has 0 aliphatic carbocycles. The predicted octanol–water partition coefficient (Wildman–Crippen LogP) is 0.992. The second kappa shape index (κ2) is 8.98.